The second kappa shape index (κ2) is 7.80. The van der Waals surface area contributed by atoms with Crippen molar-refractivity contribution in [3.8, 4) is 5.75 Å². The Hall–Kier alpha value is -3.22. The minimum Gasteiger partial charge on any atom is -0.496 e. The minimum atomic E-state index is 0.0603. The van der Waals surface area contributed by atoms with Gasteiger partial charge in [0, 0.05) is 24.2 Å². The van der Waals surface area contributed by atoms with Gasteiger partial charge in [-0.2, -0.15) is 0 Å². The Morgan fingerprint density at radius 3 is 2.75 bits per heavy atom. The van der Waals surface area contributed by atoms with Crippen LogP contribution in [0, 0.1) is 0 Å². The topological polar surface area (TPSA) is 84.0 Å². The number of nitrogens with zero attached hydrogens (tertiary/aromatic N) is 4. The lowest BCUT2D eigenvalue weighted by Gasteiger charge is -2.18. The molecule has 0 bridgehead atoms. The Labute approximate surface area is 163 Å². The first kappa shape index (κ1) is 18.2. The zero-order chi connectivity index (χ0) is 19.5. The number of rotatable bonds is 2. The van der Waals surface area contributed by atoms with Gasteiger partial charge < -0.3 is 14.6 Å². The van der Waals surface area contributed by atoms with Crippen LogP contribution in [-0.2, 0) is 6.42 Å². The third kappa shape index (κ3) is 3.35. The van der Waals surface area contributed by atoms with Gasteiger partial charge in [0.15, 0.2) is 17.2 Å². The molecule has 1 aromatic carbocycles. The average molecular weight is 377 g/mol. The molecule has 3 aromatic rings. The predicted molar refractivity (Wildman–Crippen MR) is 108 cm³/mol. The number of imidazole rings is 1. The zero-order valence-electron chi connectivity index (χ0n) is 15.9. The summed E-state index contributed by atoms with van der Waals surface area (Å²) in [6, 6.07) is 5.57. The quantitative estimate of drug-likeness (QED) is 0.690. The van der Waals surface area contributed by atoms with E-state index >= 15 is 0 Å². The van der Waals surface area contributed by atoms with Crippen molar-refractivity contribution < 1.29 is 9.53 Å². The molecule has 7 heteroatoms. The van der Waals surface area contributed by atoms with Crippen molar-refractivity contribution in [2.75, 3.05) is 25.1 Å². The van der Waals surface area contributed by atoms with Crippen LogP contribution < -0.4 is 9.64 Å². The van der Waals surface area contributed by atoms with Gasteiger partial charge in [-0.15, -0.1) is 0 Å². The number of carbonyl (C=O) groups excluding carboxylic acids is 1. The summed E-state index contributed by atoms with van der Waals surface area (Å²) < 4.78 is 5.21. The summed E-state index contributed by atoms with van der Waals surface area (Å²) in [6.45, 7) is 5.94. The summed E-state index contributed by atoms with van der Waals surface area (Å²) in [4.78, 5) is 29.6. The molecule has 7 nitrogen and oxygen atoms in total. The summed E-state index contributed by atoms with van der Waals surface area (Å²) in [7, 11) is 1.63. The number of allylic oxidation sites excluding steroid dienone is 1. The van der Waals surface area contributed by atoms with E-state index in [1.165, 1.54) is 12.8 Å². The number of methoxy groups -OCH3 is 1. The Kier molecular flexibility index (Phi) is 5.06. The number of benzene rings is 1. The number of anilines is 1. The van der Waals surface area contributed by atoms with E-state index in [2.05, 4.69) is 31.4 Å². The van der Waals surface area contributed by atoms with Crippen LogP contribution in [0.2, 0.25) is 0 Å². The fourth-order valence-corrected chi connectivity index (χ4v) is 3.73. The molecular formula is C21H23N5O2. The Bertz CT molecular complexity index is 1020. The van der Waals surface area contributed by atoms with Crippen molar-refractivity contribution in [3.63, 3.8) is 0 Å². The number of nitrogens with one attached hydrogen (secondary N) is 1. The van der Waals surface area contributed by atoms with Crippen LogP contribution in [0.25, 0.3) is 11.2 Å². The van der Waals surface area contributed by atoms with E-state index < -0.39 is 0 Å². The molecule has 0 saturated carbocycles. The molecule has 2 aromatic heterocycles. The van der Waals surface area contributed by atoms with E-state index in [4.69, 9.17) is 4.74 Å². The molecule has 1 aliphatic carbocycles. The van der Waals surface area contributed by atoms with Crippen LogP contribution in [0.3, 0.4) is 0 Å². The molecule has 0 atom stereocenters. The lowest BCUT2D eigenvalue weighted by Crippen LogP contribution is -2.19. The van der Waals surface area contributed by atoms with Crippen molar-refractivity contribution in [1.82, 2.24) is 19.9 Å². The van der Waals surface area contributed by atoms with Crippen LogP contribution in [0.1, 0.15) is 35.2 Å². The Morgan fingerprint density at radius 2 is 1.96 bits per heavy atom. The molecule has 1 N–H and O–H groups in total. The van der Waals surface area contributed by atoms with Crippen molar-refractivity contribution in [2.24, 2.45) is 0 Å². The van der Waals surface area contributed by atoms with Crippen LogP contribution >= 0.6 is 0 Å². The second-order valence-electron chi connectivity index (χ2n) is 6.91. The number of fused-ring (bicyclic) bond motifs is 2. The van der Waals surface area contributed by atoms with Crippen LogP contribution in [0.4, 0.5) is 5.82 Å². The zero-order valence-corrected chi connectivity index (χ0v) is 15.9. The number of hydrogen-bond acceptors (Lipinski definition) is 6. The molecule has 1 aliphatic heterocycles. The third-order valence-electron chi connectivity index (χ3n) is 5.20. The molecule has 1 fully saturated rings. The second-order valence-corrected chi connectivity index (χ2v) is 6.91. The summed E-state index contributed by atoms with van der Waals surface area (Å²) in [5, 5.41) is 0. The number of H-pyrrole nitrogens is 1. The van der Waals surface area contributed by atoms with E-state index in [1.54, 1.807) is 19.8 Å². The number of carbonyl (C=O) groups is 1. The molecule has 0 radical (unpaired) electrons. The largest absolute Gasteiger partial charge is 0.496 e. The van der Waals surface area contributed by atoms with E-state index in [0.29, 0.717) is 5.57 Å². The number of hydrogen-bond donors (Lipinski definition) is 1. The van der Waals surface area contributed by atoms with Crippen molar-refractivity contribution >= 4 is 22.8 Å². The summed E-state index contributed by atoms with van der Waals surface area (Å²) >= 11 is 0. The molecule has 144 valence electrons. The van der Waals surface area contributed by atoms with Gasteiger partial charge in [-0.05, 0) is 37.3 Å². The minimum absolute atomic E-state index is 0.0603. The highest BCUT2D eigenvalue weighted by atomic mass is 16.5. The van der Waals surface area contributed by atoms with Crippen molar-refractivity contribution in [1.29, 1.82) is 0 Å². The van der Waals surface area contributed by atoms with Gasteiger partial charge in [-0.3, -0.25) is 4.79 Å². The van der Waals surface area contributed by atoms with Gasteiger partial charge in [0.1, 0.15) is 17.6 Å². The molecule has 5 rings (SSSR count). The molecule has 3 heterocycles. The number of aromatic nitrogens is 4. The summed E-state index contributed by atoms with van der Waals surface area (Å²) in [5.41, 5.74) is 4.18. The maximum atomic E-state index is 11.7. The number of ketones is 1. The Morgan fingerprint density at radius 1 is 1.14 bits per heavy atom. The number of Topliss-reactive ketones (excluding diaryl/α,β-unsaturated/α-hetero) is 1. The van der Waals surface area contributed by atoms with E-state index in [-0.39, 0.29) is 5.78 Å². The van der Waals surface area contributed by atoms with Gasteiger partial charge >= 0.3 is 0 Å². The Balaban J connectivity index is 0.000000137. The van der Waals surface area contributed by atoms with E-state index in [0.717, 1.165) is 59.8 Å². The highest BCUT2D eigenvalue weighted by molar-refractivity contribution is 6.10. The number of aromatic amines is 1. The molecule has 2 aliphatic rings. The maximum absolute atomic E-state index is 11.7. The fourth-order valence-electron chi connectivity index (χ4n) is 3.73. The lowest BCUT2D eigenvalue weighted by molar-refractivity contribution is 0.102. The van der Waals surface area contributed by atoms with Gasteiger partial charge in [0.2, 0.25) is 0 Å². The lowest BCUT2D eigenvalue weighted by atomic mass is 9.87. The van der Waals surface area contributed by atoms with Crippen molar-refractivity contribution in [3.05, 3.63) is 54.1 Å². The first-order valence-electron chi connectivity index (χ1n) is 9.46. The van der Waals surface area contributed by atoms with Gasteiger partial charge in [-0.25, -0.2) is 15.0 Å². The summed E-state index contributed by atoms with van der Waals surface area (Å²) in [5.74, 6) is 1.86. The van der Waals surface area contributed by atoms with Gasteiger partial charge in [0.25, 0.3) is 0 Å². The molecule has 1 saturated heterocycles. The molecule has 0 amide bonds. The highest BCUT2D eigenvalue weighted by Gasteiger charge is 2.22. The van der Waals surface area contributed by atoms with Crippen LogP contribution in [-0.4, -0.2) is 45.9 Å². The fraction of sp³-hybridized carbons (Fsp3) is 0.333. The molecular weight excluding hydrogens is 354 g/mol. The smallest absolute Gasteiger partial charge is 0.188 e. The first-order chi connectivity index (χ1) is 13.7. The molecule has 0 unspecified atom stereocenters. The van der Waals surface area contributed by atoms with Crippen LogP contribution in [0.15, 0.2) is 43.0 Å². The third-order valence-corrected chi connectivity index (χ3v) is 5.20. The standard InChI is InChI=1S/C12H12O2.C9H11N5/c1-8-6-7-9-10(12(8)13)4-3-5-11(9)14-2;1-2-4-14(3-1)9-7-8(11-5-10-7)12-6-13-9/h3-5H,1,6-7H2,2H3;5-6H,1-4H2,(H,10,11,12,13). The monoisotopic (exact) mass is 377 g/mol. The average Bonchev–Trinajstić information content (AvgIpc) is 3.42. The maximum Gasteiger partial charge on any atom is 0.188 e. The highest BCUT2D eigenvalue weighted by Crippen LogP contribution is 2.30. The predicted octanol–water partition coefficient (Wildman–Crippen LogP) is 3.33. The van der Waals surface area contributed by atoms with E-state index in [1.807, 2.05) is 18.2 Å². The van der Waals surface area contributed by atoms with Gasteiger partial charge in [0.05, 0.1) is 13.4 Å². The normalized spacial score (nSPS) is 16.0. The van der Waals surface area contributed by atoms with E-state index in [9.17, 15) is 4.79 Å². The number of ether oxygens (including phenoxy) is 1. The SMILES string of the molecule is C=C1CCc2c(OC)cccc2C1=O.c1nc(N2CCCC2)c2[nH]cnc2n1. The summed E-state index contributed by atoms with van der Waals surface area (Å²) in [6.07, 6.45) is 7.34. The molecule has 0 spiro atoms. The molecule has 28 heavy (non-hydrogen) atoms. The first-order valence-corrected chi connectivity index (χ1v) is 9.46. The van der Waals surface area contributed by atoms with Gasteiger partial charge in [-0.1, -0.05) is 18.7 Å². The van der Waals surface area contributed by atoms with Crippen molar-refractivity contribution in [2.45, 2.75) is 25.7 Å². The van der Waals surface area contributed by atoms with Crippen LogP contribution in [0.5, 0.6) is 5.75 Å².